The summed E-state index contributed by atoms with van der Waals surface area (Å²) in [5.74, 6) is -0.465. The van der Waals surface area contributed by atoms with Gasteiger partial charge in [-0.25, -0.2) is 8.42 Å². The minimum Gasteiger partial charge on any atom is -0.324 e. The molecule has 3 aromatic carbocycles. The zero-order valence-corrected chi connectivity index (χ0v) is 17.7. The molecule has 3 rings (SSSR count). The van der Waals surface area contributed by atoms with Crippen LogP contribution in [0.25, 0.3) is 0 Å². The molecule has 1 amide bonds. The molecule has 0 saturated heterocycles. The highest BCUT2D eigenvalue weighted by molar-refractivity contribution is 7.92. The van der Waals surface area contributed by atoms with E-state index in [1.165, 1.54) is 12.1 Å². The molecule has 0 aliphatic heterocycles. The molecule has 0 aliphatic rings. The number of hydrogen-bond donors (Lipinski definition) is 1. The Hall–Kier alpha value is -2.83. The smallest absolute Gasteiger partial charge is 0.264 e. The minimum atomic E-state index is -3.93. The standard InChI is InChI=1S/C22H21ClN2O3S/c1-16-12-13-18(14-20(16)23)24-22(26)15-25(21-11-7-6-8-17(21)2)29(27,28)19-9-4-3-5-10-19/h3-14H,15H2,1-2H3,(H,24,26). The highest BCUT2D eigenvalue weighted by Crippen LogP contribution is 2.27. The largest absolute Gasteiger partial charge is 0.324 e. The Morgan fingerprint density at radius 2 is 1.59 bits per heavy atom. The number of amides is 1. The second-order valence-electron chi connectivity index (χ2n) is 6.62. The van der Waals surface area contributed by atoms with Crippen molar-refractivity contribution in [2.45, 2.75) is 18.7 Å². The lowest BCUT2D eigenvalue weighted by Crippen LogP contribution is -2.38. The first-order valence-electron chi connectivity index (χ1n) is 8.98. The molecule has 0 fully saturated rings. The monoisotopic (exact) mass is 428 g/mol. The van der Waals surface area contributed by atoms with Crippen LogP contribution in [0.2, 0.25) is 5.02 Å². The fourth-order valence-electron chi connectivity index (χ4n) is 2.86. The molecule has 0 heterocycles. The van der Waals surface area contributed by atoms with Crippen LogP contribution < -0.4 is 9.62 Å². The second kappa shape index (κ2) is 8.68. The predicted octanol–water partition coefficient (Wildman–Crippen LogP) is 4.79. The van der Waals surface area contributed by atoms with E-state index in [0.717, 1.165) is 15.4 Å². The van der Waals surface area contributed by atoms with Gasteiger partial charge in [-0.15, -0.1) is 0 Å². The Bertz CT molecular complexity index is 1130. The molecule has 7 heteroatoms. The molecule has 0 radical (unpaired) electrons. The summed E-state index contributed by atoms with van der Waals surface area (Å²) in [5.41, 5.74) is 2.59. The molecule has 0 unspecified atom stereocenters. The van der Waals surface area contributed by atoms with Crippen LogP contribution in [0.4, 0.5) is 11.4 Å². The van der Waals surface area contributed by atoms with E-state index in [9.17, 15) is 13.2 Å². The SMILES string of the molecule is Cc1ccc(NC(=O)CN(c2ccccc2C)S(=O)(=O)c2ccccc2)cc1Cl. The third-order valence-corrected chi connectivity index (χ3v) is 6.64. The molecule has 0 aliphatic carbocycles. The second-order valence-corrected chi connectivity index (χ2v) is 8.89. The average Bonchev–Trinajstić information content (AvgIpc) is 2.70. The Kier molecular flexibility index (Phi) is 6.25. The van der Waals surface area contributed by atoms with Crippen molar-refractivity contribution in [1.82, 2.24) is 0 Å². The van der Waals surface area contributed by atoms with Crippen LogP contribution >= 0.6 is 11.6 Å². The van der Waals surface area contributed by atoms with Gasteiger partial charge in [-0.05, 0) is 55.3 Å². The predicted molar refractivity (Wildman–Crippen MR) is 117 cm³/mol. The van der Waals surface area contributed by atoms with Gasteiger partial charge in [-0.2, -0.15) is 0 Å². The van der Waals surface area contributed by atoms with E-state index in [-0.39, 0.29) is 11.4 Å². The summed E-state index contributed by atoms with van der Waals surface area (Å²) in [6, 6.07) is 20.3. The maximum atomic E-state index is 13.3. The fraction of sp³-hybridized carbons (Fsp3) is 0.136. The van der Waals surface area contributed by atoms with Crippen LogP contribution in [0.1, 0.15) is 11.1 Å². The summed E-state index contributed by atoms with van der Waals surface area (Å²) in [4.78, 5) is 12.8. The van der Waals surface area contributed by atoms with Crippen LogP contribution in [0, 0.1) is 13.8 Å². The number of carbonyl (C=O) groups is 1. The summed E-state index contributed by atoms with van der Waals surface area (Å²) >= 11 is 6.11. The summed E-state index contributed by atoms with van der Waals surface area (Å²) < 4.78 is 27.7. The van der Waals surface area contributed by atoms with E-state index >= 15 is 0 Å². The molecule has 3 aromatic rings. The Labute approximate surface area is 176 Å². The maximum Gasteiger partial charge on any atom is 0.264 e. The number of nitrogens with one attached hydrogen (secondary N) is 1. The molecule has 0 aromatic heterocycles. The first-order valence-corrected chi connectivity index (χ1v) is 10.8. The number of halogens is 1. The molecule has 29 heavy (non-hydrogen) atoms. The molecule has 0 saturated carbocycles. The van der Waals surface area contributed by atoms with E-state index in [0.29, 0.717) is 16.4 Å². The minimum absolute atomic E-state index is 0.120. The molecular weight excluding hydrogens is 408 g/mol. The van der Waals surface area contributed by atoms with E-state index in [4.69, 9.17) is 11.6 Å². The van der Waals surface area contributed by atoms with E-state index < -0.39 is 15.9 Å². The summed E-state index contributed by atoms with van der Waals surface area (Å²) in [7, 11) is -3.93. The van der Waals surface area contributed by atoms with Gasteiger partial charge in [0, 0.05) is 10.7 Å². The van der Waals surface area contributed by atoms with Crippen molar-refractivity contribution in [2.24, 2.45) is 0 Å². The van der Waals surface area contributed by atoms with Crippen LogP contribution in [-0.2, 0) is 14.8 Å². The van der Waals surface area contributed by atoms with Crippen LogP contribution in [0.3, 0.4) is 0 Å². The number of nitrogens with zero attached hydrogens (tertiary/aromatic N) is 1. The third kappa shape index (κ3) is 4.78. The topological polar surface area (TPSA) is 66.5 Å². The number of aryl methyl sites for hydroxylation is 2. The number of hydrogen-bond acceptors (Lipinski definition) is 3. The molecule has 1 N–H and O–H groups in total. The Balaban J connectivity index is 1.94. The van der Waals surface area contributed by atoms with Gasteiger partial charge in [0.2, 0.25) is 5.91 Å². The summed E-state index contributed by atoms with van der Waals surface area (Å²) in [5, 5.41) is 3.25. The normalized spacial score (nSPS) is 11.1. The van der Waals surface area contributed by atoms with Crippen molar-refractivity contribution in [2.75, 3.05) is 16.2 Å². The van der Waals surface area contributed by atoms with Gasteiger partial charge in [0.05, 0.1) is 10.6 Å². The van der Waals surface area contributed by atoms with Gasteiger partial charge in [-0.3, -0.25) is 9.10 Å². The highest BCUT2D eigenvalue weighted by Gasteiger charge is 2.28. The van der Waals surface area contributed by atoms with Crippen molar-refractivity contribution in [3.8, 4) is 0 Å². The Morgan fingerprint density at radius 3 is 2.24 bits per heavy atom. The lowest BCUT2D eigenvalue weighted by molar-refractivity contribution is -0.114. The molecule has 0 spiro atoms. The van der Waals surface area contributed by atoms with Gasteiger partial charge >= 0.3 is 0 Å². The first-order chi connectivity index (χ1) is 13.8. The lowest BCUT2D eigenvalue weighted by Gasteiger charge is -2.25. The molecule has 0 atom stereocenters. The number of rotatable bonds is 6. The number of carbonyl (C=O) groups excluding carboxylic acids is 1. The lowest BCUT2D eigenvalue weighted by atomic mass is 10.2. The number of para-hydroxylation sites is 1. The summed E-state index contributed by atoms with van der Waals surface area (Å²) in [6.07, 6.45) is 0. The highest BCUT2D eigenvalue weighted by atomic mass is 35.5. The number of sulfonamides is 1. The third-order valence-electron chi connectivity index (χ3n) is 4.46. The van der Waals surface area contributed by atoms with E-state index in [2.05, 4.69) is 5.32 Å². The first kappa shape index (κ1) is 20.9. The average molecular weight is 429 g/mol. The molecule has 0 bridgehead atoms. The van der Waals surface area contributed by atoms with E-state index in [1.807, 2.05) is 13.0 Å². The molecule has 5 nitrogen and oxygen atoms in total. The van der Waals surface area contributed by atoms with E-state index in [1.54, 1.807) is 61.5 Å². The van der Waals surface area contributed by atoms with Gasteiger partial charge in [0.15, 0.2) is 0 Å². The van der Waals surface area contributed by atoms with Crippen LogP contribution in [0.5, 0.6) is 0 Å². The zero-order valence-electron chi connectivity index (χ0n) is 16.1. The maximum absolute atomic E-state index is 13.3. The van der Waals surface area contributed by atoms with Gasteiger partial charge in [0.1, 0.15) is 6.54 Å². The van der Waals surface area contributed by atoms with Crippen molar-refractivity contribution in [1.29, 1.82) is 0 Å². The molecule has 150 valence electrons. The van der Waals surface area contributed by atoms with Gasteiger partial charge in [0.25, 0.3) is 10.0 Å². The van der Waals surface area contributed by atoms with Crippen LogP contribution in [0.15, 0.2) is 77.7 Å². The Morgan fingerprint density at radius 1 is 0.931 bits per heavy atom. The fourth-order valence-corrected chi connectivity index (χ4v) is 4.55. The van der Waals surface area contributed by atoms with Crippen molar-refractivity contribution < 1.29 is 13.2 Å². The van der Waals surface area contributed by atoms with Crippen molar-refractivity contribution in [3.05, 3.63) is 88.9 Å². The van der Waals surface area contributed by atoms with Crippen molar-refractivity contribution in [3.63, 3.8) is 0 Å². The summed E-state index contributed by atoms with van der Waals surface area (Å²) in [6.45, 7) is 3.30. The van der Waals surface area contributed by atoms with Gasteiger partial charge < -0.3 is 5.32 Å². The quantitative estimate of drug-likeness (QED) is 0.613. The van der Waals surface area contributed by atoms with Crippen LogP contribution in [-0.4, -0.2) is 20.9 Å². The van der Waals surface area contributed by atoms with Gasteiger partial charge in [-0.1, -0.05) is 54.1 Å². The van der Waals surface area contributed by atoms with Crippen molar-refractivity contribution >= 4 is 38.9 Å². The zero-order chi connectivity index (χ0) is 21.0. The number of benzene rings is 3. The molecular formula is C22H21ClN2O3S. The number of anilines is 2.